The van der Waals surface area contributed by atoms with E-state index in [4.69, 9.17) is 19.5 Å². The lowest BCUT2D eigenvalue weighted by atomic mass is 9.92. The van der Waals surface area contributed by atoms with Crippen LogP contribution in [-0.4, -0.2) is 71.6 Å². The van der Waals surface area contributed by atoms with E-state index in [2.05, 4.69) is 20.0 Å². The maximum atomic E-state index is 13.7. The molecular formula is C26H37N6O8PS. The Morgan fingerprint density at radius 2 is 2.05 bits per heavy atom. The first-order valence-corrected chi connectivity index (χ1v) is 15.9. The van der Waals surface area contributed by atoms with Gasteiger partial charge < -0.3 is 20.7 Å². The van der Waals surface area contributed by atoms with Crippen molar-refractivity contribution in [1.82, 2.24) is 24.6 Å². The number of imidazole rings is 1. The van der Waals surface area contributed by atoms with Crippen LogP contribution < -0.4 is 16.4 Å². The maximum Gasteiger partial charge on any atom is 0.405 e. The van der Waals surface area contributed by atoms with Gasteiger partial charge in [0.2, 0.25) is 5.95 Å². The quantitative estimate of drug-likeness (QED) is 0.137. The van der Waals surface area contributed by atoms with Gasteiger partial charge in [0.25, 0.3) is 5.56 Å². The van der Waals surface area contributed by atoms with E-state index in [1.165, 1.54) is 17.8 Å². The molecule has 1 aromatic carbocycles. The summed E-state index contributed by atoms with van der Waals surface area (Å²) in [6.45, 7) is 6.70. The first-order valence-electron chi connectivity index (χ1n) is 13.4. The summed E-state index contributed by atoms with van der Waals surface area (Å²) < 4.78 is 32.3. The smallest absolute Gasteiger partial charge is 0.387 e. The number of aliphatic hydroxyl groups is 2. The van der Waals surface area contributed by atoms with Gasteiger partial charge in [0, 0.05) is 17.7 Å². The number of ether oxygens (including phenoxy) is 1. The normalized spacial score (nSPS) is 24.2. The summed E-state index contributed by atoms with van der Waals surface area (Å²) in [5.41, 5.74) is 3.58. The molecule has 3 heterocycles. The van der Waals surface area contributed by atoms with Gasteiger partial charge in [0.05, 0.1) is 19.5 Å². The number of thioether (sulfide) groups is 1. The summed E-state index contributed by atoms with van der Waals surface area (Å²) in [7, 11) is -3.99. The average molecular weight is 625 g/mol. The molecule has 0 radical (unpaired) electrons. The number of aromatic amines is 1. The number of fused-ring (bicyclic) bond motifs is 1. The van der Waals surface area contributed by atoms with Crippen LogP contribution in [0.25, 0.3) is 11.2 Å². The second-order valence-corrected chi connectivity index (χ2v) is 13.7. The fourth-order valence-electron chi connectivity index (χ4n) is 4.21. The summed E-state index contributed by atoms with van der Waals surface area (Å²) in [4.78, 5) is 35.1. The van der Waals surface area contributed by atoms with Gasteiger partial charge in [-0.1, -0.05) is 62.9 Å². The first kappa shape index (κ1) is 32.3. The molecule has 1 saturated heterocycles. The van der Waals surface area contributed by atoms with E-state index >= 15 is 0 Å². The molecule has 4 rings (SSSR count). The zero-order chi connectivity index (χ0) is 30.7. The van der Waals surface area contributed by atoms with Gasteiger partial charge in [0.1, 0.15) is 17.8 Å². The van der Waals surface area contributed by atoms with Crippen LogP contribution in [0, 0.1) is 5.41 Å². The Bertz CT molecular complexity index is 1500. The van der Waals surface area contributed by atoms with Crippen molar-refractivity contribution >= 4 is 41.7 Å². The Hall–Kier alpha value is -2.62. The predicted octanol–water partition coefficient (Wildman–Crippen LogP) is 2.34. The number of nitrogen functional groups attached to an aromatic ring is 1. The molecule has 16 heteroatoms. The van der Waals surface area contributed by atoms with E-state index in [1.54, 1.807) is 0 Å². The summed E-state index contributed by atoms with van der Waals surface area (Å²) >= 11 is 1.09. The third kappa shape index (κ3) is 7.12. The number of rotatable bonds is 13. The Kier molecular flexibility index (Phi) is 9.95. The van der Waals surface area contributed by atoms with Crippen molar-refractivity contribution in [2.24, 2.45) is 5.41 Å². The van der Waals surface area contributed by atoms with Gasteiger partial charge in [-0.25, -0.2) is 14.6 Å². The second kappa shape index (κ2) is 12.9. The summed E-state index contributed by atoms with van der Waals surface area (Å²) in [6, 6.07) is 9.20. The third-order valence-electron chi connectivity index (χ3n) is 7.20. The Morgan fingerprint density at radius 1 is 1.33 bits per heavy atom. The average Bonchev–Trinajstić information content (AvgIpc) is 3.47. The van der Waals surface area contributed by atoms with Crippen molar-refractivity contribution < 1.29 is 33.4 Å². The van der Waals surface area contributed by atoms with E-state index in [0.717, 1.165) is 17.3 Å². The van der Waals surface area contributed by atoms with Gasteiger partial charge in [-0.2, -0.15) is 4.98 Å². The minimum atomic E-state index is -3.99. The van der Waals surface area contributed by atoms with E-state index in [0.29, 0.717) is 6.42 Å². The standard InChI is InChI=1S/C26H37N6O8PS/c1-5-25(2,3)23(35)42-12-11-38-41(37,29-13-16-9-7-6-8-10-16)39-14-17-19(33)26(4,36)22(40-17)32-15-28-18-20(32)30-24(27)31-21(18)34/h6-10,15,17,19,22,33,36H,5,11-14H2,1-4H3,(H,29,37)(H3,27,30,31,34)/t17-,19-,22-,26-,41?/m1/s1. The number of benzene rings is 1. The molecule has 1 aliphatic rings. The topological polar surface area (TPSA) is 204 Å². The van der Waals surface area contributed by atoms with Crippen LogP contribution in [0.2, 0.25) is 0 Å². The lowest BCUT2D eigenvalue weighted by molar-refractivity contribution is -0.118. The fraction of sp³-hybridized carbons (Fsp3) is 0.538. The molecule has 1 unspecified atom stereocenters. The van der Waals surface area contributed by atoms with Crippen molar-refractivity contribution in [3.05, 3.63) is 52.6 Å². The monoisotopic (exact) mass is 624 g/mol. The van der Waals surface area contributed by atoms with Gasteiger partial charge in [-0.3, -0.25) is 28.2 Å². The molecule has 14 nitrogen and oxygen atoms in total. The molecule has 0 spiro atoms. The van der Waals surface area contributed by atoms with Gasteiger partial charge in [-0.05, 0) is 18.9 Å². The zero-order valence-electron chi connectivity index (χ0n) is 23.9. The lowest BCUT2D eigenvalue weighted by Crippen LogP contribution is -2.44. The number of anilines is 1. The molecule has 0 aliphatic carbocycles. The number of nitrogens with one attached hydrogen (secondary N) is 2. The molecule has 42 heavy (non-hydrogen) atoms. The van der Waals surface area contributed by atoms with Gasteiger partial charge in [-0.15, -0.1) is 0 Å². The number of nitrogens with zero attached hydrogens (tertiary/aromatic N) is 3. The van der Waals surface area contributed by atoms with Crippen LogP contribution in [0.5, 0.6) is 0 Å². The minimum Gasteiger partial charge on any atom is -0.387 e. The molecule has 0 bridgehead atoms. The largest absolute Gasteiger partial charge is 0.405 e. The van der Waals surface area contributed by atoms with Crippen LogP contribution in [-0.2, 0) is 29.7 Å². The Morgan fingerprint density at radius 3 is 2.74 bits per heavy atom. The van der Waals surface area contributed by atoms with Crippen molar-refractivity contribution in [2.45, 2.75) is 64.7 Å². The molecule has 0 saturated carbocycles. The van der Waals surface area contributed by atoms with E-state index in [-0.39, 0.29) is 41.1 Å². The SMILES string of the molecule is CCC(C)(C)C(=O)SCCOP(=O)(NCc1ccccc1)OC[C@H]1O[C@@H](n2cnc3c(=O)[nH]c(N)nc32)[C@](C)(O)[C@@H]1O. The molecule has 2 aromatic heterocycles. The van der Waals surface area contributed by atoms with Crippen molar-refractivity contribution in [3.8, 4) is 0 Å². The summed E-state index contributed by atoms with van der Waals surface area (Å²) in [5.74, 6) is 0.0957. The predicted molar refractivity (Wildman–Crippen MR) is 157 cm³/mol. The Balaban J connectivity index is 1.46. The van der Waals surface area contributed by atoms with Crippen LogP contribution in [0.15, 0.2) is 41.5 Å². The zero-order valence-corrected chi connectivity index (χ0v) is 25.6. The summed E-state index contributed by atoms with van der Waals surface area (Å²) in [5, 5.41) is 25.0. The number of carbonyl (C=O) groups is 1. The van der Waals surface area contributed by atoms with Crippen molar-refractivity contribution in [2.75, 3.05) is 24.7 Å². The number of hydrogen-bond acceptors (Lipinski definition) is 12. The van der Waals surface area contributed by atoms with Gasteiger partial charge in [0.15, 0.2) is 22.5 Å². The number of aliphatic hydroxyl groups excluding tert-OH is 1. The van der Waals surface area contributed by atoms with E-state index < -0.39 is 49.4 Å². The molecule has 6 N–H and O–H groups in total. The van der Waals surface area contributed by atoms with Crippen LogP contribution >= 0.6 is 19.5 Å². The van der Waals surface area contributed by atoms with Crippen molar-refractivity contribution in [3.63, 3.8) is 0 Å². The highest BCUT2D eigenvalue weighted by atomic mass is 32.2. The highest BCUT2D eigenvalue weighted by molar-refractivity contribution is 8.13. The highest BCUT2D eigenvalue weighted by Gasteiger charge is 2.54. The van der Waals surface area contributed by atoms with Gasteiger partial charge >= 0.3 is 7.75 Å². The fourth-order valence-corrected chi connectivity index (χ4v) is 6.53. The minimum absolute atomic E-state index is 0.00242. The van der Waals surface area contributed by atoms with E-state index in [9.17, 15) is 24.4 Å². The number of aromatic nitrogens is 4. The van der Waals surface area contributed by atoms with Crippen LogP contribution in [0.3, 0.4) is 0 Å². The van der Waals surface area contributed by atoms with Crippen LogP contribution in [0.1, 0.15) is 45.9 Å². The molecule has 3 aromatic rings. The number of carbonyl (C=O) groups excluding carboxylic acids is 1. The van der Waals surface area contributed by atoms with E-state index in [1.807, 2.05) is 51.1 Å². The number of nitrogens with two attached hydrogens (primary N) is 1. The number of H-pyrrole nitrogens is 1. The molecule has 1 aliphatic heterocycles. The number of hydrogen-bond donors (Lipinski definition) is 5. The molecule has 230 valence electrons. The molecular weight excluding hydrogens is 587 g/mol. The second-order valence-electron chi connectivity index (χ2n) is 10.8. The van der Waals surface area contributed by atoms with Crippen molar-refractivity contribution in [1.29, 1.82) is 0 Å². The maximum absolute atomic E-state index is 13.7. The third-order valence-corrected chi connectivity index (χ3v) is 9.94. The summed E-state index contributed by atoms with van der Waals surface area (Å²) in [6.07, 6.45) is -1.95. The highest BCUT2D eigenvalue weighted by Crippen LogP contribution is 2.47. The lowest BCUT2D eigenvalue weighted by Gasteiger charge is -2.27. The Labute approximate surface area is 247 Å². The first-order chi connectivity index (χ1) is 19.8. The van der Waals surface area contributed by atoms with Crippen LogP contribution in [0.4, 0.5) is 5.95 Å². The molecule has 1 fully saturated rings. The molecule has 5 atom stereocenters. The molecule has 0 amide bonds.